The predicted molar refractivity (Wildman–Crippen MR) is 91.8 cm³/mol. The summed E-state index contributed by atoms with van der Waals surface area (Å²) in [4.78, 5) is 0. The number of hydrogen-bond donors (Lipinski definition) is 1. The van der Waals surface area contributed by atoms with Gasteiger partial charge in [0.25, 0.3) is 0 Å². The van der Waals surface area contributed by atoms with Crippen molar-refractivity contribution in [1.29, 1.82) is 0 Å². The van der Waals surface area contributed by atoms with Gasteiger partial charge in [-0.2, -0.15) is 0 Å². The fourth-order valence-electron chi connectivity index (χ4n) is 2.92. The van der Waals surface area contributed by atoms with E-state index in [-0.39, 0.29) is 0 Å². The summed E-state index contributed by atoms with van der Waals surface area (Å²) < 4.78 is 6.11. The number of rotatable bonds is 5. The summed E-state index contributed by atoms with van der Waals surface area (Å²) in [5.74, 6) is 1.56. The van der Waals surface area contributed by atoms with E-state index >= 15 is 0 Å². The van der Waals surface area contributed by atoms with Crippen molar-refractivity contribution in [2.24, 2.45) is 5.92 Å². The molecule has 2 aromatic rings. The quantitative estimate of drug-likeness (QED) is 0.887. The first kappa shape index (κ1) is 15.4. The highest BCUT2D eigenvalue weighted by atomic mass is 35.5. The minimum Gasteiger partial charge on any atom is -0.493 e. The fourth-order valence-corrected chi connectivity index (χ4v) is 3.11. The van der Waals surface area contributed by atoms with Crippen molar-refractivity contribution in [2.75, 3.05) is 19.7 Å². The molecule has 1 fully saturated rings. The molecule has 1 atom stereocenters. The largest absolute Gasteiger partial charge is 0.493 e. The van der Waals surface area contributed by atoms with Crippen LogP contribution in [0.15, 0.2) is 48.5 Å². The van der Waals surface area contributed by atoms with E-state index in [9.17, 15) is 0 Å². The van der Waals surface area contributed by atoms with Gasteiger partial charge in [0, 0.05) is 23.9 Å². The third-order valence-electron chi connectivity index (χ3n) is 4.13. The van der Waals surface area contributed by atoms with Gasteiger partial charge in [-0.05, 0) is 48.7 Å². The average Bonchev–Trinajstić information content (AvgIpc) is 2.56. The summed E-state index contributed by atoms with van der Waals surface area (Å²) in [6.07, 6.45) is 3.33. The predicted octanol–water partition coefficient (Wildman–Crippen LogP) is 4.31. The van der Waals surface area contributed by atoms with E-state index in [0.717, 1.165) is 42.5 Å². The summed E-state index contributed by atoms with van der Waals surface area (Å²) in [5.41, 5.74) is 2.43. The molecule has 22 heavy (non-hydrogen) atoms. The molecule has 2 nitrogen and oxygen atoms in total. The summed E-state index contributed by atoms with van der Waals surface area (Å²) in [6, 6.07) is 16.4. The van der Waals surface area contributed by atoms with Crippen LogP contribution >= 0.6 is 11.6 Å². The summed E-state index contributed by atoms with van der Waals surface area (Å²) in [5, 5.41) is 4.20. The Kier molecular flexibility index (Phi) is 5.36. The van der Waals surface area contributed by atoms with Gasteiger partial charge in [-0.1, -0.05) is 41.9 Å². The highest BCUT2D eigenvalue weighted by Crippen LogP contribution is 2.26. The average molecular weight is 316 g/mol. The van der Waals surface area contributed by atoms with Crippen LogP contribution in [0.1, 0.15) is 24.0 Å². The van der Waals surface area contributed by atoms with Crippen molar-refractivity contribution in [3.05, 3.63) is 64.7 Å². The zero-order valence-electron chi connectivity index (χ0n) is 12.7. The molecule has 3 heteroatoms. The lowest BCUT2D eigenvalue weighted by molar-refractivity contribution is 0.217. The van der Waals surface area contributed by atoms with Crippen molar-refractivity contribution in [2.45, 2.75) is 19.3 Å². The number of benzene rings is 2. The van der Waals surface area contributed by atoms with Crippen LogP contribution in [0.2, 0.25) is 5.02 Å². The highest BCUT2D eigenvalue weighted by molar-refractivity contribution is 6.30. The summed E-state index contributed by atoms with van der Waals surface area (Å²) in [6.45, 7) is 2.97. The van der Waals surface area contributed by atoms with Gasteiger partial charge in [0.1, 0.15) is 5.75 Å². The second kappa shape index (κ2) is 7.66. The maximum Gasteiger partial charge on any atom is 0.122 e. The molecule has 2 aromatic carbocycles. The Balaban J connectivity index is 1.70. The molecule has 1 saturated heterocycles. The monoisotopic (exact) mass is 315 g/mol. The molecule has 0 radical (unpaired) electrons. The van der Waals surface area contributed by atoms with Crippen LogP contribution < -0.4 is 10.1 Å². The van der Waals surface area contributed by atoms with Crippen molar-refractivity contribution < 1.29 is 4.74 Å². The Morgan fingerprint density at radius 2 is 2.00 bits per heavy atom. The molecule has 1 unspecified atom stereocenters. The molecule has 116 valence electrons. The van der Waals surface area contributed by atoms with Crippen LogP contribution in [0.4, 0.5) is 0 Å². The normalized spacial score (nSPS) is 18.1. The summed E-state index contributed by atoms with van der Waals surface area (Å²) >= 11 is 6.17. The Morgan fingerprint density at radius 3 is 2.77 bits per heavy atom. The second-order valence-electron chi connectivity index (χ2n) is 5.94. The number of halogens is 1. The third-order valence-corrected chi connectivity index (χ3v) is 4.37. The lowest BCUT2D eigenvalue weighted by Crippen LogP contribution is -2.33. The van der Waals surface area contributed by atoms with E-state index in [2.05, 4.69) is 29.6 Å². The molecular weight excluding hydrogens is 294 g/mol. The van der Waals surface area contributed by atoms with Crippen molar-refractivity contribution >= 4 is 11.6 Å². The highest BCUT2D eigenvalue weighted by Gasteiger charge is 2.14. The van der Waals surface area contributed by atoms with Crippen molar-refractivity contribution in [3.63, 3.8) is 0 Å². The smallest absolute Gasteiger partial charge is 0.122 e. The van der Waals surface area contributed by atoms with E-state index in [1.165, 1.54) is 18.4 Å². The molecule has 0 aliphatic carbocycles. The topological polar surface area (TPSA) is 21.3 Å². The molecule has 1 aliphatic rings. The zero-order valence-corrected chi connectivity index (χ0v) is 13.5. The molecule has 0 spiro atoms. The van der Waals surface area contributed by atoms with E-state index in [4.69, 9.17) is 16.3 Å². The van der Waals surface area contributed by atoms with Crippen LogP contribution in [0.5, 0.6) is 5.75 Å². The number of piperidine rings is 1. The van der Waals surface area contributed by atoms with Crippen LogP contribution in [0, 0.1) is 5.92 Å². The van der Waals surface area contributed by atoms with Gasteiger partial charge in [0.05, 0.1) is 6.61 Å². The second-order valence-corrected chi connectivity index (χ2v) is 6.37. The molecule has 0 bridgehead atoms. The Bertz CT molecular complexity index is 594. The fraction of sp³-hybridized carbons (Fsp3) is 0.368. The molecule has 0 amide bonds. The maximum absolute atomic E-state index is 6.17. The zero-order chi connectivity index (χ0) is 15.2. The first-order chi connectivity index (χ1) is 10.8. The molecular formula is C19H22ClNO. The Hall–Kier alpha value is -1.51. The minimum absolute atomic E-state index is 0.606. The Labute approximate surface area is 137 Å². The van der Waals surface area contributed by atoms with Gasteiger partial charge in [0.2, 0.25) is 0 Å². The first-order valence-electron chi connectivity index (χ1n) is 7.97. The molecule has 1 aliphatic heterocycles. The number of ether oxygens (including phenoxy) is 1. The SMILES string of the molecule is Clc1ccc(OCC2CCCNC2)c(Cc2ccccc2)c1. The summed E-state index contributed by atoms with van der Waals surface area (Å²) in [7, 11) is 0. The lowest BCUT2D eigenvalue weighted by Gasteiger charge is -2.23. The van der Waals surface area contributed by atoms with E-state index in [0.29, 0.717) is 5.92 Å². The molecule has 1 heterocycles. The number of hydrogen-bond acceptors (Lipinski definition) is 2. The molecule has 0 aromatic heterocycles. The van der Waals surface area contributed by atoms with E-state index < -0.39 is 0 Å². The molecule has 0 saturated carbocycles. The van der Waals surface area contributed by atoms with Crippen molar-refractivity contribution in [1.82, 2.24) is 5.32 Å². The first-order valence-corrected chi connectivity index (χ1v) is 8.35. The third kappa shape index (κ3) is 4.25. The van der Waals surface area contributed by atoms with Gasteiger partial charge in [-0.25, -0.2) is 0 Å². The van der Waals surface area contributed by atoms with Gasteiger partial charge in [0.15, 0.2) is 0 Å². The lowest BCUT2D eigenvalue weighted by atomic mass is 10.0. The van der Waals surface area contributed by atoms with Crippen LogP contribution in [-0.2, 0) is 6.42 Å². The van der Waals surface area contributed by atoms with Gasteiger partial charge in [-0.3, -0.25) is 0 Å². The number of nitrogens with one attached hydrogen (secondary N) is 1. The molecule has 3 rings (SSSR count). The minimum atomic E-state index is 0.606. The van der Waals surface area contributed by atoms with Crippen LogP contribution in [-0.4, -0.2) is 19.7 Å². The van der Waals surface area contributed by atoms with Crippen molar-refractivity contribution in [3.8, 4) is 5.75 Å². The van der Waals surface area contributed by atoms with E-state index in [1.54, 1.807) is 0 Å². The standard InChI is InChI=1S/C19H22ClNO/c20-18-8-9-19(22-14-16-7-4-10-21-13-16)17(12-18)11-15-5-2-1-3-6-15/h1-3,5-6,8-9,12,16,21H,4,7,10-11,13-14H2. The van der Waals surface area contributed by atoms with Gasteiger partial charge in [-0.15, -0.1) is 0 Å². The molecule has 1 N–H and O–H groups in total. The van der Waals surface area contributed by atoms with E-state index in [1.807, 2.05) is 24.3 Å². The van der Waals surface area contributed by atoms with Gasteiger partial charge >= 0.3 is 0 Å². The maximum atomic E-state index is 6.17. The van der Waals surface area contributed by atoms with Crippen LogP contribution in [0.3, 0.4) is 0 Å². The van der Waals surface area contributed by atoms with Crippen LogP contribution in [0.25, 0.3) is 0 Å². The Morgan fingerprint density at radius 1 is 1.14 bits per heavy atom. The van der Waals surface area contributed by atoms with Gasteiger partial charge < -0.3 is 10.1 Å².